The van der Waals surface area contributed by atoms with Crippen molar-refractivity contribution < 1.29 is 18.3 Å². The van der Waals surface area contributed by atoms with Crippen molar-refractivity contribution >= 4 is 16.7 Å². The molecule has 35 heavy (non-hydrogen) atoms. The first-order valence-corrected chi connectivity index (χ1v) is 11.0. The minimum Gasteiger partial charge on any atom is -0.456 e. The van der Waals surface area contributed by atoms with Gasteiger partial charge in [-0.05, 0) is 67.4 Å². The number of pyridine rings is 2. The van der Waals surface area contributed by atoms with Gasteiger partial charge in [-0.2, -0.15) is 18.9 Å². The van der Waals surface area contributed by atoms with Gasteiger partial charge < -0.3 is 4.74 Å². The van der Waals surface area contributed by atoms with E-state index in [4.69, 9.17) is 4.74 Å². The molecule has 2 aromatic carbocycles. The molecule has 0 saturated carbocycles. The summed E-state index contributed by atoms with van der Waals surface area (Å²) in [6.45, 7) is 1.81. The zero-order chi connectivity index (χ0) is 24.4. The van der Waals surface area contributed by atoms with E-state index in [9.17, 15) is 13.6 Å². The van der Waals surface area contributed by atoms with Crippen molar-refractivity contribution in [2.24, 2.45) is 0 Å². The van der Waals surface area contributed by atoms with Crippen molar-refractivity contribution in [2.45, 2.75) is 19.8 Å². The number of rotatable bonds is 7. The van der Waals surface area contributed by atoms with Crippen molar-refractivity contribution in [3.05, 3.63) is 108 Å². The number of carbonyl (C=O) groups excluding carboxylic acids is 1. The summed E-state index contributed by atoms with van der Waals surface area (Å²) >= 11 is 0. The van der Waals surface area contributed by atoms with Gasteiger partial charge in [0.1, 0.15) is 11.5 Å². The lowest BCUT2D eigenvalue weighted by Gasteiger charge is -2.14. The lowest BCUT2D eigenvalue weighted by molar-refractivity contribution is 0.0981. The molecule has 8 heteroatoms. The van der Waals surface area contributed by atoms with Gasteiger partial charge in [0.15, 0.2) is 5.78 Å². The number of ether oxygens (including phenoxy) is 1. The van der Waals surface area contributed by atoms with Gasteiger partial charge in [0.2, 0.25) is 11.9 Å². The first-order valence-electron chi connectivity index (χ1n) is 11.0. The predicted molar refractivity (Wildman–Crippen MR) is 127 cm³/mol. The molecule has 0 radical (unpaired) electrons. The van der Waals surface area contributed by atoms with E-state index in [0.29, 0.717) is 28.2 Å². The fraction of sp³-hybridized carbons (Fsp3) is 0.111. The van der Waals surface area contributed by atoms with E-state index >= 15 is 0 Å². The Labute approximate surface area is 199 Å². The van der Waals surface area contributed by atoms with Crippen LogP contribution >= 0.6 is 0 Å². The Morgan fingerprint density at radius 3 is 2.57 bits per heavy atom. The maximum Gasteiger partial charge on any atom is 0.215 e. The van der Waals surface area contributed by atoms with Crippen LogP contribution in [0.1, 0.15) is 27.9 Å². The van der Waals surface area contributed by atoms with Crippen LogP contribution in [0.4, 0.5) is 8.78 Å². The highest BCUT2D eigenvalue weighted by atomic mass is 19.1. The fourth-order valence-electron chi connectivity index (χ4n) is 3.96. The Balaban J connectivity index is 1.38. The third-order valence-electron chi connectivity index (χ3n) is 5.72. The number of fused-ring (bicyclic) bond motifs is 1. The van der Waals surface area contributed by atoms with Crippen LogP contribution in [-0.4, -0.2) is 25.5 Å². The Morgan fingerprint density at radius 1 is 0.971 bits per heavy atom. The summed E-state index contributed by atoms with van der Waals surface area (Å²) in [6.07, 6.45) is 5.54. The minimum absolute atomic E-state index is 0.0988. The monoisotopic (exact) mass is 470 g/mol. The van der Waals surface area contributed by atoms with E-state index in [2.05, 4.69) is 15.1 Å². The molecule has 0 aliphatic heterocycles. The number of nitrogens with zero attached hydrogens (tertiary/aromatic N) is 4. The third-order valence-corrected chi connectivity index (χ3v) is 5.72. The van der Waals surface area contributed by atoms with Crippen LogP contribution < -0.4 is 4.74 Å². The summed E-state index contributed by atoms with van der Waals surface area (Å²) < 4.78 is 34.7. The molecule has 0 unspecified atom stereocenters. The molecular weight excluding hydrogens is 450 g/mol. The van der Waals surface area contributed by atoms with E-state index in [0.717, 1.165) is 28.7 Å². The molecule has 0 N–H and O–H groups in total. The third kappa shape index (κ3) is 4.77. The van der Waals surface area contributed by atoms with Crippen LogP contribution in [0, 0.1) is 18.8 Å². The highest BCUT2D eigenvalue weighted by Gasteiger charge is 2.15. The van der Waals surface area contributed by atoms with Crippen LogP contribution in [0.3, 0.4) is 0 Å². The molecule has 6 nitrogen and oxygen atoms in total. The van der Waals surface area contributed by atoms with E-state index in [1.807, 2.05) is 37.4 Å². The zero-order valence-electron chi connectivity index (χ0n) is 18.8. The van der Waals surface area contributed by atoms with Crippen LogP contribution in [0.15, 0.2) is 79.3 Å². The van der Waals surface area contributed by atoms with Gasteiger partial charge in [-0.15, -0.1) is 0 Å². The molecule has 0 aliphatic rings. The number of hydrogen-bond donors (Lipinski definition) is 0. The molecule has 3 heterocycles. The second-order valence-corrected chi connectivity index (χ2v) is 8.04. The van der Waals surface area contributed by atoms with Gasteiger partial charge in [0.25, 0.3) is 0 Å². The maximum atomic E-state index is 13.3. The first kappa shape index (κ1) is 22.3. The molecule has 0 aliphatic carbocycles. The number of hydrogen-bond acceptors (Lipinski definition) is 5. The van der Waals surface area contributed by atoms with Crippen molar-refractivity contribution in [3.63, 3.8) is 0 Å². The molecule has 0 bridgehead atoms. The summed E-state index contributed by atoms with van der Waals surface area (Å²) in [7, 11) is 0. The van der Waals surface area contributed by atoms with Crippen molar-refractivity contribution in [1.82, 2.24) is 19.7 Å². The molecule has 0 fully saturated rings. The van der Waals surface area contributed by atoms with Crippen LogP contribution in [0.2, 0.25) is 0 Å². The average Bonchev–Trinajstić information content (AvgIpc) is 3.38. The molecule has 174 valence electrons. The summed E-state index contributed by atoms with van der Waals surface area (Å²) in [5.74, 6) is -0.798. The predicted octanol–water partition coefficient (Wildman–Crippen LogP) is 6.01. The Kier molecular flexibility index (Phi) is 6.01. The topological polar surface area (TPSA) is 69.9 Å². The quantitative estimate of drug-likeness (QED) is 0.215. The largest absolute Gasteiger partial charge is 0.456 e. The summed E-state index contributed by atoms with van der Waals surface area (Å²) in [5, 5.41) is 5.07. The molecule has 0 spiro atoms. The number of carbonyl (C=O) groups is 1. The summed E-state index contributed by atoms with van der Waals surface area (Å²) in [5.41, 5.74) is 3.19. The molecule has 0 atom stereocenters. The Hall–Kier alpha value is -4.46. The second kappa shape index (κ2) is 9.42. The zero-order valence-corrected chi connectivity index (χ0v) is 18.8. The molecule has 3 aromatic heterocycles. The van der Waals surface area contributed by atoms with Crippen LogP contribution in [-0.2, 0) is 6.42 Å². The molecule has 0 saturated heterocycles. The Bertz CT molecular complexity index is 1510. The summed E-state index contributed by atoms with van der Waals surface area (Å²) in [4.78, 5) is 20.4. The second-order valence-electron chi connectivity index (χ2n) is 8.04. The van der Waals surface area contributed by atoms with Gasteiger partial charge >= 0.3 is 0 Å². The number of halogens is 2. The highest BCUT2D eigenvalue weighted by Crippen LogP contribution is 2.33. The minimum atomic E-state index is -0.902. The maximum absolute atomic E-state index is 13.3. The normalized spacial score (nSPS) is 11.1. The SMILES string of the molecule is Cc1c(Oc2ccnc3cc(-n4cccn4)ccc23)cccc1C(=O)CCc1cc(F)nc(F)c1. The van der Waals surface area contributed by atoms with E-state index < -0.39 is 11.9 Å². The van der Waals surface area contributed by atoms with Crippen LogP contribution in [0.25, 0.3) is 16.6 Å². The van der Waals surface area contributed by atoms with E-state index in [-0.39, 0.29) is 18.6 Å². The smallest absolute Gasteiger partial charge is 0.215 e. The first-order chi connectivity index (χ1) is 17.0. The summed E-state index contributed by atoms with van der Waals surface area (Å²) in [6, 6.07) is 16.9. The molecule has 5 rings (SSSR count). The lowest BCUT2D eigenvalue weighted by Crippen LogP contribution is -2.05. The van der Waals surface area contributed by atoms with E-state index in [1.54, 1.807) is 41.3 Å². The van der Waals surface area contributed by atoms with Crippen molar-refractivity contribution in [3.8, 4) is 17.2 Å². The van der Waals surface area contributed by atoms with Crippen LogP contribution in [0.5, 0.6) is 11.5 Å². The Morgan fingerprint density at radius 2 is 1.80 bits per heavy atom. The molecule has 0 amide bonds. The number of ketones is 1. The van der Waals surface area contributed by atoms with Gasteiger partial charge in [0.05, 0.1) is 11.2 Å². The fourth-order valence-corrected chi connectivity index (χ4v) is 3.96. The number of aryl methyl sites for hydroxylation is 1. The van der Waals surface area contributed by atoms with Gasteiger partial charge in [-0.1, -0.05) is 12.1 Å². The number of benzene rings is 2. The van der Waals surface area contributed by atoms with Crippen molar-refractivity contribution in [2.75, 3.05) is 0 Å². The number of aromatic nitrogens is 4. The van der Waals surface area contributed by atoms with Gasteiger partial charge in [-0.25, -0.2) is 4.68 Å². The number of Topliss-reactive ketones (excluding diaryl/α,β-unsaturated/α-hetero) is 1. The van der Waals surface area contributed by atoms with Crippen molar-refractivity contribution in [1.29, 1.82) is 0 Å². The molecule has 5 aromatic rings. The standard InChI is InChI=1S/C27H20F2N4O2/c1-17-20(23(34)9-6-18-14-26(28)32-27(29)15-18)4-2-5-24(17)35-25-10-12-30-22-16-19(7-8-21(22)25)33-13-3-11-31-33/h2-5,7-8,10-16H,6,9H2,1H3. The van der Waals surface area contributed by atoms with Gasteiger partial charge in [-0.3, -0.25) is 9.78 Å². The van der Waals surface area contributed by atoms with E-state index in [1.165, 1.54) is 0 Å². The average molecular weight is 470 g/mol. The van der Waals surface area contributed by atoms with Gasteiger partial charge in [0, 0.05) is 41.5 Å². The highest BCUT2D eigenvalue weighted by molar-refractivity contribution is 5.98. The molecular formula is C27H20F2N4O2. The lowest BCUT2D eigenvalue weighted by atomic mass is 9.99.